The first-order valence-corrected chi connectivity index (χ1v) is 4.87. The molecule has 0 aromatic heterocycles. The van der Waals surface area contributed by atoms with E-state index >= 15 is 0 Å². The van der Waals surface area contributed by atoms with Gasteiger partial charge in [-0.3, -0.25) is 0 Å². The third-order valence-corrected chi connectivity index (χ3v) is 2.04. The van der Waals surface area contributed by atoms with E-state index in [1.807, 2.05) is 0 Å². The number of benzene rings is 1. The van der Waals surface area contributed by atoms with Crippen molar-refractivity contribution in [3.63, 3.8) is 0 Å². The van der Waals surface area contributed by atoms with Gasteiger partial charge in [0.1, 0.15) is 5.75 Å². The van der Waals surface area contributed by atoms with Gasteiger partial charge >= 0.3 is 0 Å². The molecule has 0 bridgehead atoms. The molecule has 0 saturated heterocycles. The van der Waals surface area contributed by atoms with E-state index in [4.69, 9.17) is 16.3 Å². The number of hydrogen-bond donors (Lipinski definition) is 1. The van der Waals surface area contributed by atoms with E-state index < -0.39 is 5.60 Å². The van der Waals surface area contributed by atoms with Crippen molar-refractivity contribution in [2.75, 3.05) is 6.61 Å². The van der Waals surface area contributed by atoms with Crippen LogP contribution in [0.25, 0.3) is 0 Å². The van der Waals surface area contributed by atoms with Crippen LogP contribution in [0, 0.1) is 6.07 Å². The molecule has 77 valence electrons. The van der Waals surface area contributed by atoms with Crippen molar-refractivity contribution in [1.82, 2.24) is 0 Å². The summed E-state index contributed by atoms with van der Waals surface area (Å²) in [5.74, 6) is 0.634. The molecule has 0 unspecified atom stereocenters. The van der Waals surface area contributed by atoms with Crippen LogP contribution in [0.3, 0.4) is 0 Å². The lowest BCUT2D eigenvalue weighted by atomic mass is 10.1. The zero-order chi connectivity index (χ0) is 10.6. The van der Waals surface area contributed by atoms with E-state index in [1.54, 1.807) is 32.0 Å². The third kappa shape index (κ3) is 3.99. The molecule has 0 heterocycles. The van der Waals surface area contributed by atoms with E-state index in [1.165, 1.54) is 0 Å². The lowest BCUT2D eigenvalue weighted by molar-refractivity contribution is 0.0553. The van der Waals surface area contributed by atoms with Gasteiger partial charge < -0.3 is 9.84 Å². The Bertz CT molecular complexity index is 292. The van der Waals surface area contributed by atoms with Crippen LogP contribution in [0.1, 0.15) is 20.3 Å². The molecule has 1 radical (unpaired) electrons. The molecule has 1 rings (SSSR count). The Morgan fingerprint density at radius 3 is 2.86 bits per heavy atom. The van der Waals surface area contributed by atoms with Crippen LogP contribution in [0.4, 0.5) is 0 Å². The van der Waals surface area contributed by atoms with E-state index in [0.29, 0.717) is 23.8 Å². The summed E-state index contributed by atoms with van der Waals surface area (Å²) in [6, 6.07) is 8.00. The van der Waals surface area contributed by atoms with Crippen molar-refractivity contribution < 1.29 is 9.84 Å². The molecule has 2 nitrogen and oxygen atoms in total. The minimum absolute atomic E-state index is 0.452. The lowest BCUT2D eigenvalue weighted by Gasteiger charge is -2.17. The maximum absolute atomic E-state index is 9.45. The Balaban J connectivity index is 2.43. The minimum Gasteiger partial charge on any atom is -0.492 e. The van der Waals surface area contributed by atoms with Crippen molar-refractivity contribution in [3.8, 4) is 5.75 Å². The first kappa shape index (κ1) is 11.3. The molecule has 14 heavy (non-hydrogen) atoms. The summed E-state index contributed by atoms with van der Waals surface area (Å²) in [6.45, 7) is 3.95. The highest BCUT2D eigenvalue weighted by Gasteiger charge is 2.12. The van der Waals surface area contributed by atoms with Gasteiger partial charge in [-0.15, -0.1) is 0 Å². The fourth-order valence-electron chi connectivity index (χ4n) is 0.924. The highest BCUT2D eigenvalue weighted by Crippen LogP contribution is 2.23. The van der Waals surface area contributed by atoms with Crippen LogP contribution in [0.15, 0.2) is 18.2 Å². The van der Waals surface area contributed by atoms with Crippen LogP contribution >= 0.6 is 11.6 Å². The number of aliphatic hydroxyl groups is 1. The predicted octanol–water partition coefficient (Wildman–Crippen LogP) is 2.68. The van der Waals surface area contributed by atoms with Gasteiger partial charge in [0, 0.05) is 6.42 Å². The Labute approximate surface area is 89.5 Å². The zero-order valence-electron chi connectivity index (χ0n) is 8.38. The molecule has 0 aliphatic carbocycles. The third-order valence-electron chi connectivity index (χ3n) is 1.75. The highest BCUT2D eigenvalue weighted by molar-refractivity contribution is 6.32. The SMILES string of the molecule is CC(C)(O)CCOc1cc[c]cc1Cl. The molecular formula is C11H14ClO2. The Morgan fingerprint density at radius 2 is 2.29 bits per heavy atom. The smallest absolute Gasteiger partial charge is 0.137 e. The number of rotatable bonds is 4. The summed E-state index contributed by atoms with van der Waals surface area (Å²) in [4.78, 5) is 0. The van der Waals surface area contributed by atoms with Crippen LogP contribution in [-0.4, -0.2) is 17.3 Å². The maximum atomic E-state index is 9.45. The van der Waals surface area contributed by atoms with Gasteiger partial charge in [0.25, 0.3) is 0 Å². The molecule has 0 aliphatic rings. The summed E-state index contributed by atoms with van der Waals surface area (Å²) in [5, 5.41) is 9.99. The van der Waals surface area contributed by atoms with Gasteiger partial charge in [-0.05, 0) is 32.0 Å². The molecule has 0 spiro atoms. The van der Waals surface area contributed by atoms with Gasteiger partial charge in [0.2, 0.25) is 0 Å². The Hall–Kier alpha value is -0.730. The largest absolute Gasteiger partial charge is 0.492 e. The normalized spacial score (nSPS) is 11.4. The summed E-state index contributed by atoms with van der Waals surface area (Å²) in [6.07, 6.45) is 0.571. The molecule has 1 aromatic rings. The van der Waals surface area contributed by atoms with Crippen molar-refractivity contribution in [3.05, 3.63) is 29.3 Å². The lowest BCUT2D eigenvalue weighted by Crippen LogP contribution is -2.21. The van der Waals surface area contributed by atoms with Gasteiger partial charge in [-0.1, -0.05) is 17.7 Å². The van der Waals surface area contributed by atoms with Crippen molar-refractivity contribution in [2.45, 2.75) is 25.9 Å². The second-order valence-corrected chi connectivity index (χ2v) is 4.17. The fourth-order valence-corrected chi connectivity index (χ4v) is 1.10. The molecule has 0 amide bonds. The van der Waals surface area contributed by atoms with Gasteiger partial charge in [-0.2, -0.15) is 0 Å². The van der Waals surface area contributed by atoms with Crippen LogP contribution in [-0.2, 0) is 0 Å². The van der Waals surface area contributed by atoms with Crippen molar-refractivity contribution in [1.29, 1.82) is 0 Å². The van der Waals surface area contributed by atoms with E-state index in [9.17, 15) is 5.11 Å². The van der Waals surface area contributed by atoms with Gasteiger partial charge in [0.15, 0.2) is 0 Å². The summed E-state index contributed by atoms with van der Waals surface area (Å²) in [7, 11) is 0. The van der Waals surface area contributed by atoms with E-state index in [2.05, 4.69) is 6.07 Å². The Morgan fingerprint density at radius 1 is 1.57 bits per heavy atom. The molecule has 1 N–H and O–H groups in total. The van der Waals surface area contributed by atoms with Crippen molar-refractivity contribution >= 4 is 11.6 Å². The first-order chi connectivity index (χ1) is 6.49. The van der Waals surface area contributed by atoms with Gasteiger partial charge in [0.05, 0.1) is 17.2 Å². The molecule has 0 fully saturated rings. The summed E-state index contributed by atoms with van der Waals surface area (Å²) < 4.78 is 5.40. The van der Waals surface area contributed by atoms with Crippen LogP contribution in [0.5, 0.6) is 5.75 Å². The Kier molecular flexibility index (Phi) is 3.78. The molecule has 0 saturated carbocycles. The van der Waals surface area contributed by atoms with Crippen LogP contribution in [0.2, 0.25) is 5.02 Å². The summed E-state index contributed by atoms with van der Waals surface area (Å²) >= 11 is 5.86. The standard InChI is InChI=1S/C11H14ClO2/c1-11(2,13)7-8-14-10-6-4-3-5-9(10)12/h4-6,13H,7-8H2,1-2H3. The topological polar surface area (TPSA) is 29.5 Å². The number of halogens is 1. The molecule has 0 aliphatic heterocycles. The average Bonchev–Trinajstić information content (AvgIpc) is 2.06. The molecule has 0 atom stereocenters. The van der Waals surface area contributed by atoms with E-state index in [-0.39, 0.29) is 0 Å². The highest BCUT2D eigenvalue weighted by atomic mass is 35.5. The van der Waals surface area contributed by atoms with Gasteiger partial charge in [-0.25, -0.2) is 0 Å². The van der Waals surface area contributed by atoms with Crippen LogP contribution < -0.4 is 4.74 Å². The number of hydrogen-bond acceptors (Lipinski definition) is 2. The molecule has 1 aromatic carbocycles. The average molecular weight is 214 g/mol. The fraction of sp³-hybridized carbons (Fsp3) is 0.455. The second-order valence-electron chi connectivity index (χ2n) is 3.77. The zero-order valence-corrected chi connectivity index (χ0v) is 9.14. The quantitative estimate of drug-likeness (QED) is 0.834. The summed E-state index contributed by atoms with van der Waals surface area (Å²) in [5.41, 5.74) is -0.701. The first-order valence-electron chi connectivity index (χ1n) is 4.50. The molecule has 3 heteroatoms. The number of ether oxygens (including phenoxy) is 1. The molecular weight excluding hydrogens is 200 g/mol. The van der Waals surface area contributed by atoms with E-state index in [0.717, 1.165) is 0 Å². The van der Waals surface area contributed by atoms with Crippen molar-refractivity contribution in [2.24, 2.45) is 0 Å². The minimum atomic E-state index is -0.701. The monoisotopic (exact) mass is 213 g/mol. The maximum Gasteiger partial charge on any atom is 0.137 e. The predicted molar refractivity (Wildman–Crippen MR) is 56.7 cm³/mol. The second kappa shape index (κ2) is 4.67.